The number of nitrogens with one attached hydrogen (secondary N) is 1. The molecule has 0 saturated carbocycles. The van der Waals surface area contributed by atoms with E-state index in [-0.39, 0.29) is 22.0 Å². The molecule has 3 aromatic rings. The number of sulfone groups is 1. The number of hydrogen-bond donors (Lipinski definition) is 2. The second-order valence-corrected chi connectivity index (χ2v) is 9.88. The molecule has 0 aliphatic carbocycles. The standard InChI is InChI=1S/C24H16ClF2N3O5S/c1-35-22-7-4-16(8-21(22)27)24(32,23(31)30-17-5-2-14(11-28)19(25)9-17)13-36(33,34)18-6-3-15(12-29)20(26)10-18/h2-10,32H,13H2,1H3,(H,30,31). The second kappa shape index (κ2) is 10.3. The number of benzene rings is 3. The fraction of sp³-hybridized carbons (Fsp3) is 0.125. The monoisotopic (exact) mass is 531 g/mol. The molecule has 0 radical (unpaired) electrons. The van der Waals surface area contributed by atoms with Crippen LogP contribution in [0.2, 0.25) is 5.02 Å². The highest BCUT2D eigenvalue weighted by Gasteiger charge is 2.43. The third-order valence-electron chi connectivity index (χ3n) is 5.17. The van der Waals surface area contributed by atoms with E-state index in [2.05, 4.69) is 5.32 Å². The van der Waals surface area contributed by atoms with Gasteiger partial charge in [-0.1, -0.05) is 17.7 Å². The lowest BCUT2D eigenvalue weighted by atomic mass is 9.94. The van der Waals surface area contributed by atoms with Gasteiger partial charge in [0.2, 0.25) is 0 Å². The van der Waals surface area contributed by atoms with Gasteiger partial charge in [-0.2, -0.15) is 10.5 Å². The van der Waals surface area contributed by atoms with Crippen LogP contribution in [-0.2, 0) is 20.2 Å². The zero-order chi connectivity index (χ0) is 26.7. The van der Waals surface area contributed by atoms with Crippen molar-refractivity contribution in [2.24, 2.45) is 0 Å². The Balaban J connectivity index is 2.09. The first-order chi connectivity index (χ1) is 16.9. The highest BCUT2D eigenvalue weighted by atomic mass is 35.5. The Bertz CT molecular complexity index is 1550. The van der Waals surface area contributed by atoms with Crippen molar-refractivity contribution in [1.29, 1.82) is 10.5 Å². The fourth-order valence-electron chi connectivity index (χ4n) is 3.26. The topological polar surface area (TPSA) is 140 Å². The Hall–Kier alpha value is -4.03. The number of aliphatic hydroxyl groups is 1. The van der Waals surface area contributed by atoms with Crippen LogP contribution in [0.1, 0.15) is 16.7 Å². The molecule has 36 heavy (non-hydrogen) atoms. The Morgan fingerprint density at radius 2 is 1.72 bits per heavy atom. The number of ether oxygens (including phenoxy) is 1. The Labute approximate surface area is 209 Å². The fourth-order valence-corrected chi connectivity index (χ4v) is 5.06. The van der Waals surface area contributed by atoms with E-state index in [1.807, 2.05) is 6.07 Å². The summed E-state index contributed by atoms with van der Waals surface area (Å²) < 4.78 is 59.6. The van der Waals surface area contributed by atoms with Crippen molar-refractivity contribution in [2.75, 3.05) is 18.2 Å². The normalized spacial score (nSPS) is 12.6. The molecular weight excluding hydrogens is 516 g/mol. The molecule has 0 saturated heterocycles. The summed E-state index contributed by atoms with van der Waals surface area (Å²) in [4.78, 5) is 12.6. The van der Waals surface area contributed by atoms with E-state index in [1.54, 1.807) is 6.07 Å². The number of nitrogens with zero attached hydrogens (tertiary/aromatic N) is 2. The first-order valence-electron chi connectivity index (χ1n) is 9.95. The van der Waals surface area contributed by atoms with Crippen molar-refractivity contribution < 1.29 is 31.8 Å². The molecule has 0 aromatic heterocycles. The molecular formula is C24H16ClF2N3O5S. The van der Waals surface area contributed by atoms with Crippen LogP contribution in [0.4, 0.5) is 14.5 Å². The summed E-state index contributed by atoms with van der Waals surface area (Å²) in [5, 5.41) is 31.6. The highest BCUT2D eigenvalue weighted by molar-refractivity contribution is 7.91. The largest absolute Gasteiger partial charge is 0.494 e. The van der Waals surface area contributed by atoms with Crippen molar-refractivity contribution in [2.45, 2.75) is 10.5 Å². The van der Waals surface area contributed by atoms with Gasteiger partial charge in [-0.25, -0.2) is 17.2 Å². The minimum atomic E-state index is -4.58. The van der Waals surface area contributed by atoms with Gasteiger partial charge in [-0.3, -0.25) is 4.79 Å². The molecule has 0 spiro atoms. The Kier molecular flexibility index (Phi) is 7.60. The van der Waals surface area contributed by atoms with E-state index in [4.69, 9.17) is 26.9 Å². The van der Waals surface area contributed by atoms with Crippen LogP contribution in [0.5, 0.6) is 5.75 Å². The molecule has 184 valence electrons. The number of methoxy groups -OCH3 is 1. The molecule has 3 rings (SSSR count). The maximum atomic E-state index is 14.5. The smallest absolute Gasteiger partial charge is 0.262 e. The van der Waals surface area contributed by atoms with Gasteiger partial charge in [0.1, 0.15) is 18.0 Å². The van der Waals surface area contributed by atoms with Crippen LogP contribution in [0.25, 0.3) is 0 Å². The van der Waals surface area contributed by atoms with Crippen LogP contribution < -0.4 is 10.1 Å². The number of rotatable bonds is 7. The lowest BCUT2D eigenvalue weighted by Crippen LogP contribution is -2.46. The van der Waals surface area contributed by atoms with Crippen molar-refractivity contribution >= 4 is 33.0 Å². The van der Waals surface area contributed by atoms with Crippen LogP contribution in [0.15, 0.2) is 59.5 Å². The summed E-state index contributed by atoms with van der Waals surface area (Å²) >= 11 is 5.97. The van der Waals surface area contributed by atoms with Gasteiger partial charge in [0.25, 0.3) is 5.91 Å². The highest BCUT2D eigenvalue weighted by Crippen LogP contribution is 2.32. The molecule has 0 bridgehead atoms. The number of carbonyl (C=O) groups is 1. The van der Waals surface area contributed by atoms with Crippen LogP contribution in [0, 0.1) is 34.3 Å². The molecule has 0 aliphatic heterocycles. The average molecular weight is 532 g/mol. The maximum absolute atomic E-state index is 14.5. The van der Waals surface area contributed by atoms with Crippen molar-refractivity contribution in [3.63, 3.8) is 0 Å². The first-order valence-corrected chi connectivity index (χ1v) is 12.0. The molecule has 2 N–H and O–H groups in total. The zero-order valence-corrected chi connectivity index (χ0v) is 20.0. The van der Waals surface area contributed by atoms with Gasteiger partial charge in [-0.15, -0.1) is 0 Å². The second-order valence-electron chi connectivity index (χ2n) is 7.48. The predicted octanol–water partition coefficient (Wildman–Crippen LogP) is 3.67. The summed E-state index contributed by atoms with van der Waals surface area (Å²) in [6.45, 7) is 0. The van der Waals surface area contributed by atoms with E-state index < -0.39 is 54.8 Å². The number of halogens is 3. The first kappa shape index (κ1) is 26.6. The number of anilines is 1. The number of hydrogen-bond acceptors (Lipinski definition) is 7. The van der Waals surface area contributed by atoms with Crippen LogP contribution in [-0.4, -0.2) is 32.3 Å². The maximum Gasteiger partial charge on any atom is 0.262 e. The van der Waals surface area contributed by atoms with Crippen molar-refractivity contribution in [3.8, 4) is 17.9 Å². The van der Waals surface area contributed by atoms with E-state index >= 15 is 0 Å². The summed E-state index contributed by atoms with van der Waals surface area (Å²) in [5.74, 6) is -4.91. The van der Waals surface area contributed by atoms with Crippen molar-refractivity contribution in [3.05, 3.63) is 87.9 Å². The van der Waals surface area contributed by atoms with Gasteiger partial charge in [0, 0.05) is 5.69 Å². The third-order valence-corrected chi connectivity index (χ3v) is 7.25. The van der Waals surface area contributed by atoms with Gasteiger partial charge in [0.15, 0.2) is 27.0 Å². The summed E-state index contributed by atoms with van der Waals surface area (Å²) in [7, 11) is -3.39. The minimum absolute atomic E-state index is 0.0122. The zero-order valence-electron chi connectivity index (χ0n) is 18.4. The van der Waals surface area contributed by atoms with Gasteiger partial charge in [-0.05, 0) is 54.1 Å². The van der Waals surface area contributed by atoms with E-state index in [1.165, 1.54) is 25.3 Å². The third kappa shape index (κ3) is 5.29. The van der Waals surface area contributed by atoms with E-state index in [0.717, 1.165) is 30.3 Å². The van der Waals surface area contributed by atoms with E-state index in [0.29, 0.717) is 6.07 Å². The van der Waals surface area contributed by atoms with Crippen LogP contribution in [0.3, 0.4) is 0 Å². The molecule has 1 unspecified atom stereocenters. The number of nitriles is 2. The van der Waals surface area contributed by atoms with Gasteiger partial charge in [0.05, 0.1) is 33.9 Å². The Morgan fingerprint density at radius 1 is 1.06 bits per heavy atom. The SMILES string of the molecule is COc1ccc(C(O)(CS(=O)(=O)c2ccc(C#N)c(F)c2)C(=O)Nc2ccc(C#N)c(Cl)c2)cc1F. The van der Waals surface area contributed by atoms with Gasteiger partial charge < -0.3 is 15.2 Å². The lowest BCUT2D eigenvalue weighted by molar-refractivity contribution is -0.132. The summed E-state index contributed by atoms with van der Waals surface area (Å²) in [5.41, 5.74) is -3.60. The number of carbonyl (C=O) groups excluding carboxylic acids is 1. The molecule has 12 heteroatoms. The van der Waals surface area contributed by atoms with Crippen molar-refractivity contribution in [1.82, 2.24) is 0 Å². The molecule has 0 heterocycles. The molecule has 1 atom stereocenters. The van der Waals surface area contributed by atoms with Crippen LogP contribution >= 0.6 is 11.6 Å². The van der Waals surface area contributed by atoms with E-state index in [9.17, 15) is 27.1 Å². The summed E-state index contributed by atoms with van der Waals surface area (Å²) in [6, 6.07) is 12.6. The molecule has 1 amide bonds. The quantitative estimate of drug-likeness (QED) is 0.474. The molecule has 0 aliphatic rings. The molecule has 8 nitrogen and oxygen atoms in total. The predicted molar refractivity (Wildman–Crippen MR) is 125 cm³/mol. The lowest BCUT2D eigenvalue weighted by Gasteiger charge is -2.28. The Morgan fingerprint density at radius 3 is 2.28 bits per heavy atom. The summed E-state index contributed by atoms with van der Waals surface area (Å²) in [6.07, 6.45) is 0. The average Bonchev–Trinajstić information content (AvgIpc) is 2.83. The minimum Gasteiger partial charge on any atom is -0.494 e. The van der Waals surface area contributed by atoms with Gasteiger partial charge >= 0.3 is 0 Å². The number of amides is 1. The molecule has 3 aromatic carbocycles. The molecule has 0 fully saturated rings.